The topological polar surface area (TPSA) is 57.5 Å². The van der Waals surface area contributed by atoms with E-state index in [0.29, 0.717) is 11.8 Å². The largest absolute Gasteiger partial charge is 0.481 e. The van der Waals surface area contributed by atoms with Crippen molar-refractivity contribution in [3.63, 3.8) is 0 Å². The van der Waals surface area contributed by atoms with Crippen LogP contribution in [-0.2, 0) is 11.2 Å². The van der Waals surface area contributed by atoms with Crippen molar-refractivity contribution in [3.05, 3.63) is 57.3 Å². The molecule has 1 fully saturated rings. The molecule has 0 radical (unpaired) electrons. The van der Waals surface area contributed by atoms with Crippen molar-refractivity contribution in [2.24, 2.45) is 11.3 Å². The number of carboxylic acid groups (broad SMARTS) is 1. The minimum absolute atomic E-state index is 0.113. The fraction of sp³-hybridized carbons (Fsp3) is 0.560. The Morgan fingerprint density at radius 1 is 1.23 bits per heavy atom. The molecule has 5 heteroatoms. The third kappa shape index (κ3) is 6.83. The molecule has 0 aliphatic heterocycles. The molecule has 1 saturated carbocycles. The van der Waals surface area contributed by atoms with Crippen LogP contribution in [0, 0.1) is 11.3 Å². The minimum atomic E-state index is -0.738. The maximum absolute atomic E-state index is 10.5. The fourth-order valence-corrected chi connectivity index (χ4v) is 5.88. The second kappa shape index (κ2) is 11.3. The van der Waals surface area contributed by atoms with E-state index in [4.69, 9.17) is 16.7 Å². The molecule has 2 atom stereocenters. The Morgan fingerprint density at radius 2 is 2.07 bits per heavy atom. The quantitative estimate of drug-likeness (QED) is 0.268. The number of hydrogen-bond acceptors (Lipinski definition) is 3. The van der Waals surface area contributed by atoms with E-state index in [2.05, 4.69) is 36.4 Å². The molecule has 2 aliphatic rings. The molecule has 2 aliphatic carbocycles. The van der Waals surface area contributed by atoms with Crippen molar-refractivity contribution < 1.29 is 15.0 Å². The molecule has 3 nitrogen and oxygen atoms in total. The molecule has 164 valence electrons. The first kappa shape index (κ1) is 23.3. The Balaban J connectivity index is 1.44. The number of allylic oxidation sites excluding steroid dienone is 3. The van der Waals surface area contributed by atoms with E-state index in [1.165, 1.54) is 36.1 Å². The van der Waals surface area contributed by atoms with Crippen molar-refractivity contribution >= 4 is 28.9 Å². The van der Waals surface area contributed by atoms with E-state index in [9.17, 15) is 9.90 Å². The molecular formula is C25H33ClO3S. The fourth-order valence-electron chi connectivity index (χ4n) is 4.62. The van der Waals surface area contributed by atoms with Gasteiger partial charge in [0.05, 0.1) is 10.4 Å². The lowest BCUT2D eigenvalue weighted by Gasteiger charge is -2.42. The van der Waals surface area contributed by atoms with Gasteiger partial charge in [0.2, 0.25) is 0 Å². The monoisotopic (exact) mass is 448 g/mol. The van der Waals surface area contributed by atoms with Crippen molar-refractivity contribution in [1.29, 1.82) is 0 Å². The highest BCUT2D eigenvalue weighted by molar-refractivity contribution is 7.16. The van der Waals surface area contributed by atoms with E-state index in [1.54, 1.807) is 11.3 Å². The lowest BCUT2D eigenvalue weighted by Crippen LogP contribution is -2.31. The highest BCUT2D eigenvalue weighted by atomic mass is 35.5. The highest BCUT2D eigenvalue weighted by Gasteiger charge is 2.36. The number of rotatable bonds is 12. The molecule has 30 heavy (non-hydrogen) atoms. The maximum atomic E-state index is 10.5. The summed E-state index contributed by atoms with van der Waals surface area (Å²) in [5.74, 6) is -0.625. The Hall–Kier alpha value is -1.36. The Labute approximate surface area is 189 Å². The molecule has 1 aromatic heterocycles. The van der Waals surface area contributed by atoms with Crippen LogP contribution in [0.25, 0.3) is 0 Å². The summed E-state index contributed by atoms with van der Waals surface area (Å²) in [5.41, 5.74) is 1.71. The normalized spacial score (nSPS) is 23.2. The summed E-state index contributed by atoms with van der Waals surface area (Å²) >= 11 is 7.81. The maximum Gasteiger partial charge on any atom is 0.303 e. The molecule has 0 amide bonds. The third-order valence-electron chi connectivity index (χ3n) is 6.52. The van der Waals surface area contributed by atoms with Crippen LogP contribution in [0.3, 0.4) is 0 Å². The van der Waals surface area contributed by atoms with E-state index < -0.39 is 5.97 Å². The molecule has 1 aromatic rings. The summed E-state index contributed by atoms with van der Waals surface area (Å²) in [6.45, 7) is 0. The van der Waals surface area contributed by atoms with Crippen molar-refractivity contribution in [3.8, 4) is 0 Å². The van der Waals surface area contributed by atoms with E-state index in [0.717, 1.165) is 36.4 Å². The third-order valence-corrected chi connectivity index (χ3v) is 7.75. The number of aliphatic carboxylic acids is 1. The average Bonchev–Trinajstić information content (AvgIpc) is 3.24. The second-order valence-corrected chi connectivity index (χ2v) is 10.6. The number of aliphatic hydroxyl groups is 1. The van der Waals surface area contributed by atoms with Gasteiger partial charge in [-0.2, -0.15) is 0 Å². The van der Waals surface area contributed by atoms with Gasteiger partial charge < -0.3 is 10.2 Å². The van der Waals surface area contributed by atoms with Gasteiger partial charge in [-0.15, -0.1) is 11.3 Å². The van der Waals surface area contributed by atoms with Crippen LogP contribution < -0.4 is 0 Å². The Morgan fingerprint density at radius 3 is 2.73 bits per heavy atom. The van der Waals surface area contributed by atoms with Crippen LogP contribution in [0.5, 0.6) is 0 Å². The molecule has 0 unspecified atom stereocenters. The Bertz CT molecular complexity index is 788. The van der Waals surface area contributed by atoms with Crippen LogP contribution in [0.4, 0.5) is 0 Å². The number of carbonyl (C=O) groups is 1. The molecular weight excluding hydrogens is 416 g/mol. The summed E-state index contributed by atoms with van der Waals surface area (Å²) in [4.78, 5) is 11.9. The minimum Gasteiger partial charge on any atom is -0.481 e. The first-order valence-electron chi connectivity index (χ1n) is 11.1. The first-order chi connectivity index (χ1) is 14.5. The molecule has 3 rings (SSSR count). The van der Waals surface area contributed by atoms with Crippen LogP contribution in [-0.4, -0.2) is 22.3 Å². The van der Waals surface area contributed by atoms with E-state index in [1.807, 2.05) is 6.07 Å². The lowest BCUT2D eigenvalue weighted by atomic mass is 9.64. The molecule has 0 spiro atoms. The van der Waals surface area contributed by atoms with Gasteiger partial charge in [0.15, 0.2) is 0 Å². The van der Waals surface area contributed by atoms with Crippen LogP contribution in [0.15, 0.2) is 48.1 Å². The van der Waals surface area contributed by atoms with Crippen molar-refractivity contribution in [1.82, 2.24) is 0 Å². The smallest absolute Gasteiger partial charge is 0.303 e. The molecule has 1 heterocycles. The SMILES string of the molecule is O=C(O)CCC/C=C\CC1=CC[C@@H](O)[C@@H]1/C=C/CCC1(Cc2ccc(Cl)s2)CCC1. The molecule has 0 saturated heterocycles. The van der Waals surface area contributed by atoms with Crippen molar-refractivity contribution in [2.75, 3.05) is 0 Å². The van der Waals surface area contributed by atoms with Gasteiger partial charge in [0.1, 0.15) is 0 Å². The van der Waals surface area contributed by atoms with Gasteiger partial charge in [-0.05, 0) is 75.3 Å². The van der Waals surface area contributed by atoms with Gasteiger partial charge in [-0.25, -0.2) is 0 Å². The number of aliphatic hydroxyl groups excluding tert-OH is 1. The van der Waals surface area contributed by atoms with Crippen LogP contribution in [0.2, 0.25) is 4.34 Å². The van der Waals surface area contributed by atoms with Gasteiger partial charge in [0.25, 0.3) is 0 Å². The Kier molecular flexibility index (Phi) is 8.79. The molecule has 0 bridgehead atoms. The first-order valence-corrected chi connectivity index (χ1v) is 12.3. The number of thiophene rings is 1. The summed E-state index contributed by atoms with van der Waals surface area (Å²) in [5, 5.41) is 19.1. The van der Waals surface area contributed by atoms with Gasteiger partial charge in [-0.1, -0.05) is 54.0 Å². The zero-order valence-corrected chi connectivity index (χ0v) is 19.1. The lowest BCUT2D eigenvalue weighted by molar-refractivity contribution is -0.137. The van der Waals surface area contributed by atoms with Crippen LogP contribution >= 0.6 is 22.9 Å². The van der Waals surface area contributed by atoms with E-state index >= 15 is 0 Å². The molecule has 0 aromatic carbocycles. The predicted octanol–water partition coefficient (Wildman–Crippen LogP) is 6.96. The highest BCUT2D eigenvalue weighted by Crippen LogP contribution is 2.48. The van der Waals surface area contributed by atoms with Crippen molar-refractivity contribution in [2.45, 2.75) is 76.7 Å². The zero-order chi connectivity index (χ0) is 21.4. The summed E-state index contributed by atoms with van der Waals surface area (Å²) in [6.07, 6.45) is 21.1. The number of halogens is 1. The van der Waals surface area contributed by atoms with Gasteiger partial charge >= 0.3 is 5.97 Å². The summed E-state index contributed by atoms with van der Waals surface area (Å²) in [6, 6.07) is 4.17. The predicted molar refractivity (Wildman–Crippen MR) is 125 cm³/mol. The van der Waals surface area contributed by atoms with E-state index in [-0.39, 0.29) is 18.4 Å². The number of unbranched alkanes of at least 4 members (excludes halogenated alkanes) is 1. The standard InChI is InChI=1S/C25H33ClO3S/c26-23-14-12-20(30-23)18-25(16-7-17-25)15-6-5-9-21-19(11-13-22(21)27)8-3-1-2-4-10-24(28)29/h1,3,5,9,11-12,14,21-22,27H,2,4,6-8,10,13,15-18H2,(H,28,29)/b3-1-,9-5+/t21-,22-/m1/s1. The van der Waals surface area contributed by atoms with Gasteiger partial charge in [0, 0.05) is 17.2 Å². The molecule has 2 N–H and O–H groups in total. The number of hydrogen-bond donors (Lipinski definition) is 2. The summed E-state index contributed by atoms with van der Waals surface area (Å²) in [7, 11) is 0. The van der Waals surface area contributed by atoms with Gasteiger partial charge in [-0.3, -0.25) is 4.79 Å². The summed E-state index contributed by atoms with van der Waals surface area (Å²) < 4.78 is 0.879. The number of carboxylic acids is 1. The average molecular weight is 449 g/mol. The zero-order valence-electron chi connectivity index (χ0n) is 17.6. The second-order valence-electron chi connectivity index (χ2n) is 8.77. The van der Waals surface area contributed by atoms with Crippen LogP contribution in [0.1, 0.15) is 69.1 Å².